The first-order valence-corrected chi connectivity index (χ1v) is 6.08. The van der Waals surface area contributed by atoms with Gasteiger partial charge in [-0.05, 0) is 11.8 Å². The Balaban J connectivity index is 3.80. The second-order valence-corrected chi connectivity index (χ2v) is 4.41. The summed E-state index contributed by atoms with van der Waals surface area (Å²) in [5.74, 6) is 2.33. The van der Waals surface area contributed by atoms with E-state index in [1.54, 1.807) is 0 Å². The van der Waals surface area contributed by atoms with E-state index in [1.165, 1.54) is 12.8 Å². The molecule has 0 atom stereocenters. The van der Waals surface area contributed by atoms with Crippen molar-refractivity contribution < 1.29 is 0 Å². The average molecular weight is 213 g/mol. The number of hydrogen-bond acceptors (Lipinski definition) is 1. The van der Waals surface area contributed by atoms with Crippen LogP contribution in [0.3, 0.4) is 0 Å². The number of nitrogens with zero attached hydrogens (tertiary/aromatic N) is 1. The molecule has 0 saturated carbocycles. The Labute approximate surface area is 94.7 Å². The van der Waals surface area contributed by atoms with E-state index in [4.69, 9.17) is 0 Å². The first kappa shape index (κ1) is 14.3. The van der Waals surface area contributed by atoms with Gasteiger partial charge in [0.2, 0.25) is 0 Å². The van der Waals surface area contributed by atoms with Crippen LogP contribution in [0.15, 0.2) is 4.99 Å². The molecule has 0 aromatic heterocycles. The van der Waals surface area contributed by atoms with E-state index in [0.717, 1.165) is 25.0 Å². The molecule has 3 nitrogen and oxygen atoms in total. The summed E-state index contributed by atoms with van der Waals surface area (Å²) < 4.78 is 0. The molecule has 0 aromatic carbocycles. The molecule has 0 saturated heterocycles. The van der Waals surface area contributed by atoms with Crippen molar-refractivity contribution in [2.45, 2.75) is 40.5 Å². The molecule has 0 radical (unpaired) electrons. The van der Waals surface area contributed by atoms with Crippen LogP contribution in [0, 0.1) is 11.8 Å². The lowest BCUT2D eigenvalue weighted by atomic mass is 10.0. The monoisotopic (exact) mass is 213 g/mol. The van der Waals surface area contributed by atoms with Gasteiger partial charge in [-0.25, -0.2) is 0 Å². The number of rotatable bonds is 6. The van der Waals surface area contributed by atoms with Gasteiger partial charge in [-0.15, -0.1) is 0 Å². The molecule has 0 fully saturated rings. The summed E-state index contributed by atoms with van der Waals surface area (Å²) in [6.07, 6.45) is 2.45. The maximum Gasteiger partial charge on any atom is 0.190 e. The third kappa shape index (κ3) is 7.23. The summed E-state index contributed by atoms with van der Waals surface area (Å²) in [6.45, 7) is 10.9. The van der Waals surface area contributed by atoms with E-state index >= 15 is 0 Å². The molecule has 0 aromatic rings. The predicted octanol–water partition coefficient (Wildman–Crippen LogP) is 2.24. The quantitative estimate of drug-likeness (QED) is 0.524. The smallest absolute Gasteiger partial charge is 0.190 e. The van der Waals surface area contributed by atoms with Gasteiger partial charge in [0.1, 0.15) is 0 Å². The Bertz CT molecular complexity index is 172. The maximum absolute atomic E-state index is 4.19. The first-order valence-electron chi connectivity index (χ1n) is 6.08. The summed E-state index contributed by atoms with van der Waals surface area (Å²) in [5.41, 5.74) is 0. The topological polar surface area (TPSA) is 36.4 Å². The minimum atomic E-state index is 0.650. The molecule has 3 heteroatoms. The number of hydrogen-bond donors (Lipinski definition) is 2. The standard InChI is InChI=1S/C12H27N3/c1-6-11(7-2)9-15-12(13-5)14-8-10(3)4/h10-11H,6-9H2,1-5H3,(H2,13,14,15). The van der Waals surface area contributed by atoms with Crippen LogP contribution >= 0.6 is 0 Å². The summed E-state index contributed by atoms with van der Waals surface area (Å²) >= 11 is 0. The zero-order valence-corrected chi connectivity index (χ0v) is 10.9. The molecule has 0 unspecified atom stereocenters. The summed E-state index contributed by atoms with van der Waals surface area (Å²) in [5, 5.41) is 6.68. The highest BCUT2D eigenvalue weighted by molar-refractivity contribution is 5.79. The molecule has 90 valence electrons. The van der Waals surface area contributed by atoms with E-state index in [0.29, 0.717) is 5.92 Å². The molecule has 0 aliphatic rings. The molecule has 0 heterocycles. The fourth-order valence-corrected chi connectivity index (χ4v) is 1.34. The molecule has 0 aliphatic heterocycles. The van der Waals surface area contributed by atoms with E-state index in [-0.39, 0.29) is 0 Å². The zero-order valence-electron chi connectivity index (χ0n) is 10.9. The molecule has 0 amide bonds. The Morgan fingerprint density at radius 3 is 2.00 bits per heavy atom. The van der Waals surface area contributed by atoms with Gasteiger partial charge in [-0.1, -0.05) is 40.5 Å². The second-order valence-electron chi connectivity index (χ2n) is 4.41. The van der Waals surface area contributed by atoms with Crippen molar-refractivity contribution in [2.75, 3.05) is 20.1 Å². The van der Waals surface area contributed by atoms with Gasteiger partial charge >= 0.3 is 0 Å². The van der Waals surface area contributed by atoms with Crippen LogP contribution in [0.2, 0.25) is 0 Å². The van der Waals surface area contributed by atoms with Gasteiger partial charge in [-0.2, -0.15) is 0 Å². The van der Waals surface area contributed by atoms with E-state index in [2.05, 4.69) is 43.3 Å². The third-order valence-electron chi connectivity index (χ3n) is 2.61. The van der Waals surface area contributed by atoms with Gasteiger partial charge in [0.05, 0.1) is 0 Å². The number of guanidine groups is 1. The Hall–Kier alpha value is -0.730. The lowest BCUT2D eigenvalue weighted by Gasteiger charge is -2.17. The fourth-order valence-electron chi connectivity index (χ4n) is 1.34. The minimum absolute atomic E-state index is 0.650. The molecule has 0 spiro atoms. The van der Waals surface area contributed by atoms with Crippen LogP contribution in [0.25, 0.3) is 0 Å². The van der Waals surface area contributed by atoms with Gasteiger partial charge in [-0.3, -0.25) is 4.99 Å². The molecule has 2 N–H and O–H groups in total. The van der Waals surface area contributed by atoms with Crippen molar-refractivity contribution in [3.05, 3.63) is 0 Å². The lowest BCUT2D eigenvalue weighted by Crippen LogP contribution is -2.41. The van der Waals surface area contributed by atoms with Crippen molar-refractivity contribution in [3.8, 4) is 0 Å². The molecule has 0 aliphatic carbocycles. The highest BCUT2D eigenvalue weighted by Gasteiger charge is 2.04. The van der Waals surface area contributed by atoms with Crippen LogP contribution in [-0.4, -0.2) is 26.1 Å². The van der Waals surface area contributed by atoms with Crippen LogP contribution in [-0.2, 0) is 0 Å². The van der Waals surface area contributed by atoms with Crippen molar-refractivity contribution in [1.29, 1.82) is 0 Å². The molecule has 0 bridgehead atoms. The van der Waals surface area contributed by atoms with Crippen LogP contribution in [0.1, 0.15) is 40.5 Å². The highest BCUT2D eigenvalue weighted by Crippen LogP contribution is 2.04. The second kappa shape index (κ2) is 8.57. The summed E-state index contributed by atoms with van der Waals surface area (Å²) in [7, 11) is 1.82. The van der Waals surface area contributed by atoms with Gasteiger partial charge < -0.3 is 10.6 Å². The van der Waals surface area contributed by atoms with Crippen LogP contribution in [0.4, 0.5) is 0 Å². The van der Waals surface area contributed by atoms with Gasteiger partial charge in [0.25, 0.3) is 0 Å². The average Bonchev–Trinajstić information content (AvgIpc) is 2.23. The van der Waals surface area contributed by atoms with E-state index in [1.807, 2.05) is 7.05 Å². The molecule has 0 rings (SSSR count). The number of nitrogens with one attached hydrogen (secondary N) is 2. The van der Waals surface area contributed by atoms with Gasteiger partial charge in [0, 0.05) is 20.1 Å². The van der Waals surface area contributed by atoms with E-state index < -0.39 is 0 Å². The SMILES string of the molecule is CCC(CC)CNC(=NC)NCC(C)C. The summed E-state index contributed by atoms with van der Waals surface area (Å²) in [4.78, 5) is 4.19. The minimum Gasteiger partial charge on any atom is -0.356 e. The fraction of sp³-hybridized carbons (Fsp3) is 0.917. The zero-order chi connectivity index (χ0) is 11.7. The van der Waals surface area contributed by atoms with Crippen LogP contribution < -0.4 is 10.6 Å². The first-order chi connectivity index (χ1) is 7.13. The molecular formula is C12H27N3. The van der Waals surface area contributed by atoms with Gasteiger partial charge in [0.15, 0.2) is 5.96 Å². The molecular weight excluding hydrogens is 186 g/mol. The van der Waals surface area contributed by atoms with Crippen molar-refractivity contribution >= 4 is 5.96 Å². The largest absolute Gasteiger partial charge is 0.356 e. The Morgan fingerprint density at radius 1 is 1.07 bits per heavy atom. The molecule has 15 heavy (non-hydrogen) atoms. The summed E-state index contributed by atoms with van der Waals surface area (Å²) in [6, 6.07) is 0. The normalized spacial score (nSPS) is 12.3. The third-order valence-corrected chi connectivity index (χ3v) is 2.61. The Morgan fingerprint density at radius 2 is 1.60 bits per heavy atom. The highest BCUT2D eigenvalue weighted by atomic mass is 15.2. The lowest BCUT2D eigenvalue weighted by molar-refractivity contribution is 0.480. The predicted molar refractivity (Wildman–Crippen MR) is 68.3 cm³/mol. The maximum atomic E-state index is 4.19. The van der Waals surface area contributed by atoms with E-state index in [9.17, 15) is 0 Å². The van der Waals surface area contributed by atoms with Crippen molar-refractivity contribution in [2.24, 2.45) is 16.8 Å². The Kier molecular flexibility index (Phi) is 8.15. The van der Waals surface area contributed by atoms with Crippen molar-refractivity contribution in [3.63, 3.8) is 0 Å². The van der Waals surface area contributed by atoms with Crippen molar-refractivity contribution in [1.82, 2.24) is 10.6 Å². The van der Waals surface area contributed by atoms with Crippen LogP contribution in [0.5, 0.6) is 0 Å². The number of aliphatic imine (C=N–C) groups is 1.